The second-order valence-corrected chi connectivity index (χ2v) is 8.89. The maximum atomic E-state index is 12.6. The average molecular weight is 444 g/mol. The number of nitrogens with one attached hydrogen (secondary N) is 1. The first-order chi connectivity index (χ1) is 13.2. The van der Waals surface area contributed by atoms with E-state index in [1.165, 1.54) is 21.7 Å². The maximum Gasteiger partial charge on any atom is 0.326 e. The van der Waals surface area contributed by atoms with Crippen molar-refractivity contribution in [3.8, 4) is 5.75 Å². The first-order valence-electron chi connectivity index (χ1n) is 8.47. The molecule has 2 aromatic carbocycles. The molecule has 3 rings (SSSR count). The molecule has 0 spiro atoms. The van der Waals surface area contributed by atoms with Gasteiger partial charge >= 0.3 is 10.2 Å². The topological polar surface area (TPSA) is 79.0 Å². The van der Waals surface area contributed by atoms with Crippen LogP contribution < -0.4 is 18.7 Å². The van der Waals surface area contributed by atoms with Crippen molar-refractivity contribution in [2.75, 3.05) is 28.7 Å². The maximum absolute atomic E-state index is 12.6. The van der Waals surface area contributed by atoms with Crippen LogP contribution in [0, 0.1) is 0 Å². The number of carbonyl (C=O) groups is 1. The number of fused-ring (bicyclic) bond motifs is 1. The monoisotopic (exact) mass is 443 g/mol. The van der Waals surface area contributed by atoms with E-state index in [2.05, 4.69) is 5.32 Å². The Morgan fingerprint density at radius 3 is 2.54 bits per heavy atom. The fourth-order valence-corrected chi connectivity index (χ4v) is 4.69. The van der Waals surface area contributed by atoms with Gasteiger partial charge in [0.25, 0.3) is 5.91 Å². The highest BCUT2D eigenvalue weighted by Crippen LogP contribution is 2.39. The van der Waals surface area contributed by atoms with Gasteiger partial charge in [-0.05, 0) is 37.3 Å². The Kier molecular flexibility index (Phi) is 5.92. The smallest absolute Gasteiger partial charge is 0.326 e. The molecule has 0 saturated heterocycles. The van der Waals surface area contributed by atoms with Crippen LogP contribution >= 0.6 is 23.2 Å². The predicted molar refractivity (Wildman–Crippen MR) is 111 cm³/mol. The van der Waals surface area contributed by atoms with Crippen LogP contribution in [0.1, 0.15) is 6.92 Å². The fraction of sp³-hybridized carbons (Fsp3) is 0.278. The van der Waals surface area contributed by atoms with Crippen molar-refractivity contribution in [2.24, 2.45) is 0 Å². The Hall–Kier alpha value is -2.16. The summed E-state index contributed by atoms with van der Waals surface area (Å²) in [5, 5.41) is 3.45. The van der Waals surface area contributed by atoms with Gasteiger partial charge in [0.2, 0.25) is 0 Å². The molecule has 7 nitrogen and oxygen atoms in total. The molecule has 1 atom stereocenters. The number of hydrogen-bond donors (Lipinski definition) is 1. The van der Waals surface area contributed by atoms with Crippen LogP contribution in [0.4, 0.5) is 11.4 Å². The summed E-state index contributed by atoms with van der Waals surface area (Å²) in [6, 6.07) is 11.7. The van der Waals surface area contributed by atoms with Gasteiger partial charge in [0, 0.05) is 18.6 Å². The van der Waals surface area contributed by atoms with Crippen LogP contribution in [0.5, 0.6) is 5.75 Å². The van der Waals surface area contributed by atoms with E-state index in [1.54, 1.807) is 43.3 Å². The molecule has 150 valence electrons. The molecule has 0 bridgehead atoms. The number of ether oxygens (including phenoxy) is 1. The van der Waals surface area contributed by atoms with Crippen molar-refractivity contribution in [1.29, 1.82) is 0 Å². The number of amides is 1. The van der Waals surface area contributed by atoms with Gasteiger partial charge in [0.15, 0.2) is 6.10 Å². The van der Waals surface area contributed by atoms with E-state index in [9.17, 15) is 13.2 Å². The van der Waals surface area contributed by atoms with E-state index in [0.717, 1.165) is 0 Å². The van der Waals surface area contributed by atoms with Crippen LogP contribution in [-0.2, 0) is 15.0 Å². The van der Waals surface area contributed by atoms with Crippen LogP contribution in [-0.4, -0.2) is 40.6 Å². The van der Waals surface area contributed by atoms with Crippen molar-refractivity contribution >= 4 is 50.7 Å². The second kappa shape index (κ2) is 8.06. The third-order valence-corrected chi connectivity index (χ3v) is 6.65. The average Bonchev–Trinajstić information content (AvgIpc) is 2.84. The Morgan fingerprint density at radius 1 is 1.18 bits per heavy atom. The zero-order valence-corrected chi connectivity index (χ0v) is 17.6. The van der Waals surface area contributed by atoms with Crippen LogP contribution in [0.15, 0.2) is 42.5 Å². The largest absolute Gasteiger partial charge is 0.479 e. The van der Waals surface area contributed by atoms with Gasteiger partial charge in [-0.3, -0.25) is 9.10 Å². The molecule has 2 aromatic rings. The number of nitrogens with zero attached hydrogens (tertiary/aromatic N) is 2. The van der Waals surface area contributed by atoms with E-state index >= 15 is 0 Å². The van der Waals surface area contributed by atoms with Gasteiger partial charge in [0.1, 0.15) is 5.75 Å². The summed E-state index contributed by atoms with van der Waals surface area (Å²) >= 11 is 11.9. The first-order valence-corrected chi connectivity index (χ1v) is 10.6. The van der Waals surface area contributed by atoms with Gasteiger partial charge < -0.3 is 10.1 Å². The molecule has 1 heterocycles. The Morgan fingerprint density at radius 2 is 1.86 bits per heavy atom. The van der Waals surface area contributed by atoms with E-state index in [1.807, 2.05) is 0 Å². The highest BCUT2D eigenvalue weighted by Gasteiger charge is 2.37. The third-order valence-electron chi connectivity index (χ3n) is 4.30. The summed E-state index contributed by atoms with van der Waals surface area (Å²) in [5.41, 5.74) is 1.18. The summed E-state index contributed by atoms with van der Waals surface area (Å²) in [4.78, 5) is 12.3. The lowest BCUT2D eigenvalue weighted by Crippen LogP contribution is -2.43. The molecule has 28 heavy (non-hydrogen) atoms. The highest BCUT2D eigenvalue weighted by molar-refractivity contribution is 7.94. The molecular weight excluding hydrogens is 425 g/mol. The van der Waals surface area contributed by atoms with E-state index in [-0.39, 0.29) is 19.0 Å². The van der Waals surface area contributed by atoms with E-state index < -0.39 is 16.3 Å². The molecule has 0 radical (unpaired) electrons. The number of halogens is 2. The Bertz CT molecular complexity index is 1000. The molecule has 1 aliphatic heterocycles. The lowest BCUT2D eigenvalue weighted by atomic mass is 10.2. The summed E-state index contributed by atoms with van der Waals surface area (Å²) < 4.78 is 33.2. The van der Waals surface area contributed by atoms with Crippen molar-refractivity contribution in [3.05, 3.63) is 52.5 Å². The van der Waals surface area contributed by atoms with E-state index in [4.69, 9.17) is 27.9 Å². The summed E-state index contributed by atoms with van der Waals surface area (Å²) in [5.74, 6) is -0.0457. The minimum atomic E-state index is -3.65. The minimum absolute atomic E-state index is 0.101. The lowest BCUT2D eigenvalue weighted by Gasteiger charge is -2.20. The Balaban J connectivity index is 1.59. The summed E-state index contributed by atoms with van der Waals surface area (Å²) in [6.07, 6.45) is -0.816. The molecular formula is C18H19Cl2N3O4S. The normalized spacial score (nSPS) is 15.9. The van der Waals surface area contributed by atoms with Crippen LogP contribution in [0.25, 0.3) is 0 Å². The van der Waals surface area contributed by atoms with Crippen molar-refractivity contribution < 1.29 is 17.9 Å². The Labute approximate surface area is 174 Å². The quantitative estimate of drug-likeness (QED) is 0.743. The van der Waals surface area contributed by atoms with Crippen molar-refractivity contribution in [2.45, 2.75) is 13.0 Å². The number of anilines is 2. The number of carbonyl (C=O) groups excluding carboxylic acids is 1. The SMILES string of the molecule is C[C@@H](Oc1ccc(Cl)cc1Cl)C(=O)NCCN1c2ccccc2N(C)S1(=O)=O. The van der Waals surface area contributed by atoms with E-state index in [0.29, 0.717) is 27.2 Å². The number of rotatable bonds is 6. The third kappa shape index (κ3) is 3.99. The van der Waals surface area contributed by atoms with Crippen LogP contribution in [0.3, 0.4) is 0 Å². The summed E-state index contributed by atoms with van der Waals surface area (Å²) in [7, 11) is -2.15. The standard InChI is InChI=1S/C18H19Cl2N3O4S/c1-12(27-17-8-7-13(19)11-14(17)20)18(24)21-9-10-23-16-6-4-3-5-15(16)22(2)28(23,25)26/h3-8,11-12H,9-10H2,1-2H3,(H,21,24)/t12-/m1/s1. The molecule has 10 heteroatoms. The second-order valence-electron chi connectivity index (χ2n) is 6.16. The van der Waals surface area contributed by atoms with Crippen molar-refractivity contribution in [3.63, 3.8) is 0 Å². The highest BCUT2D eigenvalue weighted by atomic mass is 35.5. The predicted octanol–water partition coefficient (Wildman–Crippen LogP) is 3.08. The lowest BCUT2D eigenvalue weighted by molar-refractivity contribution is -0.127. The molecule has 0 fully saturated rings. The van der Waals surface area contributed by atoms with Gasteiger partial charge in [0.05, 0.1) is 22.9 Å². The number of para-hydroxylation sites is 2. The van der Waals surface area contributed by atoms with Gasteiger partial charge in [-0.2, -0.15) is 8.42 Å². The molecule has 0 saturated carbocycles. The molecule has 1 aliphatic rings. The van der Waals surface area contributed by atoms with Crippen molar-refractivity contribution in [1.82, 2.24) is 5.32 Å². The fourth-order valence-electron chi connectivity index (χ4n) is 2.81. The number of benzene rings is 2. The minimum Gasteiger partial charge on any atom is -0.479 e. The number of hydrogen-bond acceptors (Lipinski definition) is 4. The van der Waals surface area contributed by atoms with Crippen LogP contribution in [0.2, 0.25) is 10.0 Å². The first kappa shape index (κ1) is 20.6. The molecule has 0 aromatic heterocycles. The molecule has 1 N–H and O–H groups in total. The zero-order valence-electron chi connectivity index (χ0n) is 15.2. The summed E-state index contributed by atoms with van der Waals surface area (Å²) in [6.45, 7) is 1.81. The molecule has 0 aliphatic carbocycles. The molecule has 0 unspecified atom stereocenters. The zero-order chi connectivity index (χ0) is 20.5. The molecule has 1 amide bonds. The van der Waals surface area contributed by atoms with Gasteiger partial charge in [-0.1, -0.05) is 35.3 Å². The van der Waals surface area contributed by atoms with Gasteiger partial charge in [-0.25, -0.2) is 4.31 Å². The van der Waals surface area contributed by atoms with Gasteiger partial charge in [-0.15, -0.1) is 0 Å².